The minimum atomic E-state index is -0.630. The largest absolute Gasteiger partial charge is 0.323 e. The molecule has 1 aliphatic heterocycles. The molecule has 0 N–H and O–H groups in total. The van der Waals surface area contributed by atoms with Crippen LogP contribution in [0.3, 0.4) is 0 Å². The molecule has 0 spiro atoms. The molecule has 1 fully saturated rings. The Morgan fingerprint density at radius 3 is 1.32 bits per heavy atom. The van der Waals surface area contributed by atoms with Crippen LogP contribution in [0.5, 0.6) is 0 Å². The number of rotatable bonds is 2. The zero-order valence-corrected chi connectivity index (χ0v) is 13.1. The van der Waals surface area contributed by atoms with Gasteiger partial charge in [-0.25, -0.2) is 9.80 Å². The lowest BCUT2D eigenvalue weighted by atomic mass is 10.2. The van der Waals surface area contributed by atoms with Gasteiger partial charge >= 0.3 is 11.8 Å². The van der Waals surface area contributed by atoms with E-state index in [0.717, 1.165) is 11.1 Å². The first-order valence-corrected chi connectivity index (χ1v) is 7.25. The highest BCUT2D eigenvalue weighted by Crippen LogP contribution is 2.27. The lowest BCUT2D eigenvalue weighted by Crippen LogP contribution is -2.33. The number of carbonyl (C=O) groups excluding carboxylic acids is 2. The molecule has 1 aliphatic rings. The number of hydrogen-bond acceptors (Lipinski definition) is 3. The highest BCUT2D eigenvalue weighted by Gasteiger charge is 2.43. The van der Waals surface area contributed by atoms with Crippen molar-refractivity contribution < 1.29 is 9.59 Å². The number of thiocarbonyl (C=S) groups is 1. The Labute approximate surface area is 134 Å². The van der Waals surface area contributed by atoms with Crippen LogP contribution < -0.4 is 9.80 Å². The zero-order valence-electron chi connectivity index (χ0n) is 12.2. The van der Waals surface area contributed by atoms with Gasteiger partial charge in [0.1, 0.15) is 0 Å². The second-order valence-corrected chi connectivity index (χ2v) is 5.60. The van der Waals surface area contributed by atoms with Gasteiger partial charge in [-0.2, -0.15) is 0 Å². The van der Waals surface area contributed by atoms with Gasteiger partial charge in [-0.15, -0.1) is 0 Å². The van der Waals surface area contributed by atoms with Gasteiger partial charge in [0, 0.05) is 0 Å². The summed E-state index contributed by atoms with van der Waals surface area (Å²) in [6, 6.07) is 14.6. The van der Waals surface area contributed by atoms with Crippen molar-refractivity contribution in [2.75, 3.05) is 9.80 Å². The summed E-state index contributed by atoms with van der Waals surface area (Å²) in [5.41, 5.74) is 3.35. The van der Waals surface area contributed by atoms with Crippen molar-refractivity contribution in [3.8, 4) is 0 Å². The summed E-state index contributed by atoms with van der Waals surface area (Å²) in [6.07, 6.45) is 0. The van der Waals surface area contributed by atoms with E-state index in [1.807, 2.05) is 38.1 Å². The highest BCUT2D eigenvalue weighted by atomic mass is 32.1. The highest BCUT2D eigenvalue weighted by molar-refractivity contribution is 7.81. The zero-order chi connectivity index (χ0) is 15.9. The van der Waals surface area contributed by atoms with Crippen LogP contribution in [0.15, 0.2) is 48.5 Å². The maximum Gasteiger partial charge on any atom is 0.323 e. The number of hydrogen-bond donors (Lipinski definition) is 0. The van der Waals surface area contributed by atoms with E-state index in [1.54, 1.807) is 24.3 Å². The van der Waals surface area contributed by atoms with Gasteiger partial charge in [0.2, 0.25) is 0 Å². The molecule has 4 nitrogen and oxygen atoms in total. The monoisotopic (exact) mass is 310 g/mol. The van der Waals surface area contributed by atoms with Gasteiger partial charge in [-0.3, -0.25) is 9.59 Å². The summed E-state index contributed by atoms with van der Waals surface area (Å²) in [5.74, 6) is -1.26. The first kappa shape index (κ1) is 14.4. The fourth-order valence-electron chi connectivity index (χ4n) is 2.31. The van der Waals surface area contributed by atoms with Crippen molar-refractivity contribution in [2.24, 2.45) is 0 Å². The first-order chi connectivity index (χ1) is 10.5. The SMILES string of the molecule is Cc1ccc(N2C(=O)C(=O)N(c3ccc(C)cc3)C2=S)cc1. The third-order valence-electron chi connectivity index (χ3n) is 3.56. The van der Waals surface area contributed by atoms with Crippen LogP contribution in [0.25, 0.3) is 0 Å². The molecule has 110 valence electrons. The molecule has 0 saturated carbocycles. The van der Waals surface area contributed by atoms with E-state index in [2.05, 4.69) is 0 Å². The normalized spacial score (nSPS) is 14.9. The molecule has 0 bridgehead atoms. The molecule has 3 rings (SSSR count). The van der Waals surface area contributed by atoms with Crippen molar-refractivity contribution >= 4 is 40.5 Å². The topological polar surface area (TPSA) is 40.6 Å². The third-order valence-corrected chi connectivity index (χ3v) is 3.92. The number of amides is 2. The minimum absolute atomic E-state index is 0.183. The summed E-state index contributed by atoms with van der Waals surface area (Å²) in [4.78, 5) is 27.1. The van der Waals surface area contributed by atoms with E-state index in [1.165, 1.54) is 9.80 Å². The van der Waals surface area contributed by atoms with Crippen LogP contribution in [-0.4, -0.2) is 16.9 Å². The van der Waals surface area contributed by atoms with E-state index < -0.39 is 11.8 Å². The van der Waals surface area contributed by atoms with Crippen molar-refractivity contribution in [3.05, 3.63) is 59.7 Å². The predicted molar refractivity (Wildman–Crippen MR) is 89.9 cm³/mol. The molecule has 0 radical (unpaired) electrons. The lowest BCUT2D eigenvalue weighted by Gasteiger charge is -2.19. The third kappa shape index (κ3) is 2.29. The second-order valence-electron chi connectivity index (χ2n) is 5.23. The molecular weight excluding hydrogens is 296 g/mol. The summed E-state index contributed by atoms with van der Waals surface area (Å²) in [7, 11) is 0. The van der Waals surface area contributed by atoms with Gasteiger partial charge in [-0.05, 0) is 50.3 Å². The van der Waals surface area contributed by atoms with Crippen molar-refractivity contribution in [2.45, 2.75) is 13.8 Å². The smallest absolute Gasteiger partial charge is 0.263 e. The minimum Gasteiger partial charge on any atom is -0.263 e. The van der Waals surface area contributed by atoms with E-state index in [9.17, 15) is 9.59 Å². The Balaban J connectivity index is 2.00. The van der Waals surface area contributed by atoms with E-state index in [0.29, 0.717) is 11.4 Å². The van der Waals surface area contributed by atoms with E-state index >= 15 is 0 Å². The molecule has 2 aromatic rings. The Morgan fingerprint density at radius 2 is 1.00 bits per heavy atom. The summed E-state index contributed by atoms with van der Waals surface area (Å²) >= 11 is 5.36. The Morgan fingerprint density at radius 1 is 0.682 bits per heavy atom. The second kappa shape index (κ2) is 5.35. The number of aryl methyl sites for hydroxylation is 2. The van der Waals surface area contributed by atoms with Gasteiger partial charge in [-0.1, -0.05) is 35.4 Å². The van der Waals surface area contributed by atoms with Crippen molar-refractivity contribution in [3.63, 3.8) is 0 Å². The molecule has 1 heterocycles. The standard InChI is InChI=1S/C17H14N2O2S/c1-11-3-7-13(8-4-11)18-15(20)16(21)19(17(18)22)14-9-5-12(2)6-10-14/h3-10H,1-2H3. The summed E-state index contributed by atoms with van der Waals surface area (Å²) in [5, 5.41) is 0.183. The molecule has 0 aliphatic carbocycles. The van der Waals surface area contributed by atoms with Crippen LogP contribution >= 0.6 is 12.2 Å². The fraction of sp³-hybridized carbons (Fsp3) is 0.118. The molecule has 2 amide bonds. The van der Waals surface area contributed by atoms with Crippen LogP contribution in [0.1, 0.15) is 11.1 Å². The molecule has 0 atom stereocenters. The van der Waals surface area contributed by atoms with Crippen molar-refractivity contribution in [1.29, 1.82) is 0 Å². The summed E-state index contributed by atoms with van der Waals surface area (Å²) < 4.78 is 0. The number of anilines is 2. The van der Waals surface area contributed by atoms with Gasteiger partial charge < -0.3 is 0 Å². The van der Waals surface area contributed by atoms with E-state index in [4.69, 9.17) is 12.2 Å². The average molecular weight is 310 g/mol. The number of nitrogens with zero attached hydrogens (tertiary/aromatic N) is 2. The summed E-state index contributed by atoms with van der Waals surface area (Å²) in [6.45, 7) is 3.91. The molecule has 0 unspecified atom stereocenters. The van der Waals surface area contributed by atoms with E-state index in [-0.39, 0.29) is 5.11 Å². The number of benzene rings is 2. The van der Waals surface area contributed by atoms with Crippen LogP contribution in [0.4, 0.5) is 11.4 Å². The fourth-order valence-corrected chi connectivity index (χ4v) is 2.68. The molecule has 0 aromatic heterocycles. The molecular formula is C17H14N2O2S. The quantitative estimate of drug-likeness (QED) is 0.632. The maximum absolute atomic E-state index is 12.3. The molecule has 22 heavy (non-hydrogen) atoms. The van der Waals surface area contributed by atoms with Crippen LogP contribution in [0.2, 0.25) is 0 Å². The van der Waals surface area contributed by atoms with Gasteiger partial charge in [0.05, 0.1) is 11.4 Å². The van der Waals surface area contributed by atoms with Gasteiger partial charge in [0.15, 0.2) is 5.11 Å². The predicted octanol–water partition coefficient (Wildman–Crippen LogP) is 2.97. The molecule has 1 saturated heterocycles. The Kier molecular flexibility index (Phi) is 3.50. The van der Waals surface area contributed by atoms with Crippen LogP contribution in [0, 0.1) is 13.8 Å². The average Bonchev–Trinajstić information content (AvgIpc) is 2.72. The first-order valence-electron chi connectivity index (χ1n) is 6.85. The Hall–Kier alpha value is -2.53. The number of carbonyl (C=O) groups is 2. The van der Waals surface area contributed by atoms with Crippen molar-refractivity contribution in [1.82, 2.24) is 0 Å². The maximum atomic E-state index is 12.3. The van der Waals surface area contributed by atoms with Crippen LogP contribution in [-0.2, 0) is 9.59 Å². The molecule has 2 aromatic carbocycles. The van der Waals surface area contributed by atoms with Gasteiger partial charge in [0.25, 0.3) is 0 Å². The lowest BCUT2D eigenvalue weighted by molar-refractivity contribution is -0.133. The Bertz CT molecular complexity index is 701. The molecule has 5 heteroatoms.